The van der Waals surface area contributed by atoms with Crippen molar-refractivity contribution in [3.63, 3.8) is 0 Å². The van der Waals surface area contributed by atoms with Crippen molar-refractivity contribution in [2.75, 3.05) is 12.4 Å². The van der Waals surface area contributed by atoms with Gasteiger partial charge in [0.05, 0.1) is 17.8 Å². The molecule has 0 heterocycles. The molecular formula is C22H20BrN3O4S2. The maximum atomic E-state index is 12.7. The highest BCUT2D eigenvalue weighted by Crippen LogP contribution is 2.38. The molecular weight excluding hydrogens is 514 g/mol. The zero-order valence-corrected chi connectivity index (χ0v) is 20.4. The smallest absolute Gasteiger partial charge is 0.339 e. The molecule has 3 aromatic rings. The number of halogens is 1. The lowest BCUT2D eigenvalue weighted by atomic mass is 10.2. The summed E-state index contributed by atoms with van der Waals surface area (Å²) in [5.41, 5.74) is 5.13. The molecule has 0 saturated heterocycles. The molecule has 0 fully saturated rings. The summed E-state index contributed by atoms with van der Waals surface area (Å²) in [6, 6.07) is 19.1. The topological polar surface area (TPSA) is 89.0 Å². The first-order chi connectivity index (χ1) is 15.3. The highest BCUT2D eigenvalue weighted by molar-refractivity contribution is 9.10. The van der Waals surface area contributed by atoms with Gasteiger partial charge >= 0.3 is 10.1 Å². The molecule has 3 rings (SSSR count). The number of rotatable bonds is 7. The molecule has 0 aromatic heterocycles. The van der Waals surface area contributed by atoms with Crippen molar-refractivity contribution in [1.82, 2.24) is 5.43 Å². The van der Waals surface area contributed by atoms with Crippen molar-refractivity contribution in [3.8, 4) is 11.5 Å². The van der Waals surface area contributed by atoms with Crippen LogP contribution in [0.15, 0.2) is 81.2 Å². The molecule has 0 aliphatic heterocycles. The molecule has 0 atom stereocenters. The van der Waals surface area contributed by atoms with Gasteiger partial charge in [0.2, 0.25) is 0 Å². The minimum absolute atomic E-state index is 0.0412. The van der Waals surface area contributed by atoms with Gasteiger partial charge in [-0.1, -0.05) is 35.9 Å². The second-order valence-corrected chi connectivity index (χ2v) is 9.38. The van der Waals surface area contributed by atoms with E-state index in [4.69, 9.17) is 21.1 Å². The summed E-state index contributed by atoms with van der Waals surface area (Å²) in [4.78, 5) is 0.0475. The highest BCUT2D eigenvalue weighted by Gasteiger charge is 2.21. The number of hydrogen-bond acceptors (Lipinski definition) is 6. The van der Waals surface area contributed by atoms with Gasteiger partial charge in [0.25, 0.3) is 0 Å². The number of thiocarbonyl (C=S) groups is 1. The van der Waals surface area contributed by atoms with Gasteiger partial charge in [-0.2, -0.15) is 13.5 Å². The first-order valence-electron chi connectivity index (χ1n) is 9.32. The van der Waals surface area contributed by atoms with E-state index in [0.717, 1.165) is 11.3 Å². The molecule has 0 amide bonds. The fraction of sp³-hybridized carbons (Fsp3) is 0.0909. The monoisotopic (exact) mass is 533 g/mol. The third-order valence-electron chi connectivity index (χ3n) is 4.17. The summed E-state index contributed by atoms with van der Waals surface area (Å²) in [5.74, 6) is 0.265. The molecule has 166 valence electrons. The summed E-state index contributed by atoms with van der Waals surface area (Å²) in [6.07, 6.45) is 1.52. The number of para-hydroxylation sites is 1. The van der Waals surface area contributed by atoms with Crippen molar-refractivity contribution >= 4 is 55.3 Å². The van der Waals surface area contributed by atoms with Crippen LogP contribution in [0.25, 0.3) is 0 Å². The standard InChI is InChI=1S/C22H20BrN3O4S2/c1-15-8-10-18(11-9-15)32(27,28)30-21-19(23)12-16(13-20(21)29-2)14-24-26-22(31)25-17-6-4-3-5-7-17/h3-14H,1-2H3,(H2,25,26,31)/b24-14-. The normalized spacial score (nSPS) is 11.2. The van der Waals surface area contributed by atoms with Crippen LogP contribution in [-0.4, -0.2) is 26.9 Å². The number of aryl methyl sites for hydroxylation is 1. The molecule has 10 heteroatoms. The molecule has 0 unspecified atom stereocenters. The average Bonchev–Trinajstić information content (AvgIpc) is 2.76. The van der Waals surface area contributed by atoms with E-state index in [-0.39, 0.29) is 16.4 Å². The molecule has 0 bridgehead atoms. The summed E-state index contributed by atoms with van der Waals surface area (Å²) in [5, 5.41) is 7.42. The van der Waals surface area contributed by atoms with E-state index in [0.29, 0.717) is 15.1 Å². The Kier molecular flexibility index (Phi) is 7.84. The van der Waals surface area contributed by atoms with Gasteiger partial charge in [0.1, 0.15) is 4.90 Å². The third kappa shape index (κ3) is 6.28. The van der Waals surface area contributed by atoms with Crippen LogP contribution >= 0.6 is 28.1 Å². The zero-order valence-electron chi connectivity index (χ0n) is 17.2. The lowest BCUT2D eigenvalue weighted by molar-refractivity contribution is 0.389. The lowest BCUT2D eigenvalue weighted by Crippen LogP contribution is -2.23. The number of ether oxygens (including phenoxy) is 1. The fourth-order valence-electron chi connectivity index (χ4n) is 2.60. The summed E-state index contributed by atoms with van der Waals surface area (Å²) < 4.78 is 36.4. The zero-order chi connectivity index (χ0) is 23.1. The van der Waals surface area contributed by atoms with E-state index in [1.807, 2.05) is 37.3 Å². The van der Waals surface area contributed by atoms with Gasteiger partial charge in [-0.25, -0.2) is 0 Å². The number of hydrogen-bond donors (Lipinski definition) is 2. The van der Waals surface area contributed by atoms with Gasteiger partial charge in [-0.05, 0) is 77.0 Å². The number of methoxy groups -OCH3 is 1. The highest BCUT2D eigenvalue weighted by atomic mass is 79.9. The van der Waals surface area contributed by atoms with Crippen LogP contribution in [0.1, 0.15) is 11.1 Å². The van der Waals surface area contributed by atoms with Crippen molar-refractivity contribution in [2.45, 2.75) is 11.8 Å². The predicted octanol–water partition coefficient (Wildman–Crippen LogP) is 4.85. The van der Waals surface area contributed by atoms with E-state index in [9.17, 15) is 8.42 Å². The van der Waals surface area contributed by atoms with Crippen LogP contribution in [0.4, 0.5) is 5.69 Å². The van der Waals surface area contributed by atoms with Crippen LogP contribution in [-0.2, 0) is 10.1 Å². The summed E-state index contributed by atoms with van der Waals surface area (Å²) in [7, 11) is -2.62. The Morgan fingerprint density at radius 2 is 1.78 bits per heavy atom. The van der Waals surface area contributed by atoms with E-state index in [1.165, 1.54) is 25.5 Å². The van der Waals surface area contributed by atoms with E-state index in [1.54, 1.807) is 24.3 Å². The van der Waals surface area contributed by atoms with Gasteiger partial charge in [-0.15, -0.1) is 0 Å². The molecule has 3 aromatic carbocycles. The SMILES string of the molecule is COc1cc(/C=N\NC(=S)Nc2ccccc2)cc(Br)c1OS(=O)(=O)c1ccc(C)cc1. The van der Waals surface area contributed by atoms with Crippen LogP contribution in [0.3, 0.4) is 0 Å². The number of nitrogens with zero attached hydrogens (tertiary/aromatic N) is 1. The van der Waals surface area contributed by atoms with Gasteiger partial charge in [0, 0.05) is 5.69 Å². The molecule has 0 spiro atoms. The van der Waals surface area contributed by atoms with E-state index >= 15 is 0 Å². The molecule has 0 aliphatic carbocycles. The van der Waals surface area contributed by atoms with Gasteiger partial charge in [-0.3, -0.25) is 5.43 Å². The van der Waals surface area contributed by atoms with Crippen LogP contribution in [0.5, 0.6) is 11.5 Å². The first kappa shape index (κ1) is 23.7. The minimum atomic E-state index is -4.04. The van der Waals surface area contributed by atoms with Crippen LogP contribution in [0.2, 0.25) is 0 Å². The Hall–Kier alpha value is -2.95. The molecule has 0 radical (unpaired) electrons. The van der Waals surface area contributed by atoms with Crippen LogP contribution in [0, 0.1) is 6.92 Å². The van der Waals surface area contributed by atoms with E-state index < -0.39 is 10.1 Å². The largest absolute Gasteiger partial charge is 0.493 e. The van der Waals surface area contributed by atoms with Crippen molar-refractivity contribution in [3.05, 3.63) is 82.3 Å². The number of benzene rings is 3. The molecule has 32 heavy (non-hydrogen) atoms. The Balaban J connectivity index is 1.74. The van der Waals surface area contributed by atoms with Crippen molar-refractivity contribution in [2.24, 2.45) is 5.10 Å². The second kappa shape index (κ2) is 10.6. The van der Waals surface area contributed by atoms with Crippen LogP contribution < -0.4 is 19.7 Å². The molecule has 7 nitrogen and oxygen atoms in total. The number of hydrazone groups is 1. The predicted molar refractivity (Wildman–Crippen MR) is 133 cm³/mol. The maximum absolute atomic E-state index is 12.7. The van der Waals surface area contributed by atoms with Gasteiger partial charge in [0.15, 0.2) is 16.6 Å². The Bertz CT molecular complexity index is 1230. The maximum Gasteiger partial charge on any atom is 0.339 e. The summed E-state index contributed by atoms with van der Waals surface area (Å²) in [6.45, 7) is 1.87. The van der Waals surface area contributed by atoms with Gasteiger partial charge < -0.3 is 14.2 Å². The fourth-order valence-corrected chi connectivity index (χ4v) is 4.38. The molecule has 0 aliphatic rings. The Labute approximate surface area is 200 Å². The van der Waals surface area contributed by atoms with E-state index in [2.05, 4.69) is 31.8 Å². The number of anilines is 1. The second-order valence-electron chi connectivity index (χ2n) is 6.57. The molecule has 0 saturated carbocycles. The van der Waals surface area contributed by atoms with Crippen molar-refractivity contribution < 1.29 is 17.3 Å². The molecule has 2 N–H and O–H groups in total. The number of nitrogens with one attached hydrogen (secondary N) is 2. The first-order valence-corrected chi connectivity index (χ1v) is 11.9. The minimum Gasteiger partial charge on any atom is -0.493 e. The Morgan fingerprint density at radius 1 is 1.09 bits per heavy atom. The van der Waals surface area contributed by atoms with Crippen molar-refractivity contribution in [1.29, 1.82) is 0 Å². The lowest BCUT2D eigenvalue weighted by Gasteiger charge is -2.13. The third-order valence-corrected chi connectivity index (χ3v) is 6.18. The Morgan fingerprint density at radius 3 is 2.44 bits per heavy atom. The quantitative estimate of drug-likeness (QED) is 0.194. The summed E-state index contributed by atoms with van der Waals surface area (Å²) >= 11 is 8.56. The average molecular weight is 534 g/mol.